The van der Waals surface area contributed by atoms with Crippen molar-refractivity contribution in [1.29, 1.82) is 0 Å². The van der Waals surface area contributed by atoms with Crippen LogP contribution in [0, 0.1) is 0 Å². The molecule has 0 bridgehead atoms. The maximum Gasteiger partial charge on any atom is 0.0440 e. The summed E-state index contributed by atoms with van der Waals surface area (Å²) in [5.74, 6) is 0. The fourth-order valence-corrected chi connectivity index (χ4v) is 9.82. The van der Waals surface area contributed by atoms with Crippen LogP contribution in [-0.4, -0.2) is 0 Å². The largest absolute Gasteiger partial charge is 0.134 e. The first-order chi connectivity index (χ1) is 25.3. The van der Waals surface area contributed by atoms with Gasteiger partial charge in [-0.15, -0.1) is 11.3 Å². The van der Waals surface area contributed by atoms with Gasteiger partial charge in [0.1, 0.15) is 0 Å². The summed E-state index contributed by atoms with van der Waals surface area (Å²) in [5.41, 5.74) is 7.58. The number of rotatable bonds is 3. The Balaban J connectivity index is 1.06. The summed E-state index contributed by atoms with van der Waals surface area (Å²) in [7, 11) is 0. The molecule has 1 heterocycles. The van der Waals surface area contributed by atoms with Gasteiger partial charge in [0.2, 0.25) is 0 Å². The van der Waals surface area contributed by atoms with E-state index in [1.54, 1.807) is 0 Å². The lowest BCUT2D eigenvalue weighted by molar-refractivity contribution is 1.66. The van der Waals surface area contributed by atoms with Crippen molar-refractivity contribution in [3.8, 4) is 33.4 Å². The summed E-state index contributed by atoms with van der Waals surface area (Å²) in [5, 5.41) is 15.7. The average molecular weight is 663 g/mol. The van der Waals surface area contributed by atoms with Crippen LogP contribution < -0.4 is 0 Å². The van der Waals surface area contributed by atoms with Crippen LogP contribution in [0.2, 0.25) is 0 Å². The Morgan fingerprint density at radius 3 is 1.37 bits per heavy atom. The number of hydrogen-bond acceptors (Lipinski definition) is 1. The van der Waals surface area contributed by atoms with Crippen molar-refractivity contribution in [1.82, 2.24) is 0 Å². The molecule has 51 heavy (non-hydrogen) atoms. The van der Waals surface area contributed by atoms with Crippen molar-refractivity contribution in [2.45, 2.75) is 0 Å². The van der Waals surface area contributed by atoms with Crippen molar-refractivity contribution < 1.29 is 0 Å². The van der Waals surface area contributed by atoms with Gasteiger partial charge in [0, 0.05) is 25.6 Å². The maximum absolute atomic E-state index is 2.39. The zero-order chi connectivity index (χ0) is 33.5. The first kappa shape index (κ1) is 28.5. The molecule has 0 saturated carbocycles. The molecular weight excluding hydrogens is 633 g/mol. The molecule has 0 amide bonds. The van der Waals surface area contributed by atoms with E-state index in [1.807, 2.05) is 11.3 Å². The van der Waals surface area contributed by atoms with Gasteiger partial charge < -0.3 is 0 Å². The Labute approximate surface area is 299 Å². The van der Waals surface area contributed by atoms with E-state index >= 15 is 0 Å². The Kier molecular flexibility index (Phi) is 6.22. The molecule has 0 N–H and O–H groups in total. The van der Waals surface area contributed by atoms with Crippen molar-refractivity contribution in [2.75, 3.05) is 0 Å². The van der Waals surface area contributed by atoms with Gasteiger partial charge in [-0.05, 0) is 100 Å². The molecule has 0 radical (unpaired) electrons. The minimum Gasteiger partial charge on any atom is -0.134 e. The van der Waals surface area contributed by atoms with Gasteiger partial charge in [0.05, 0.1) is 0 Å². The molecule has 0 unspecified atom stereocenters. The zero-order valence-electron chi connectivity index (χ0n) is 27.7. The smallest absolute Gasteiger partial charge is 0.0440 e. The van der Waals surface area contributed by atoms with Gasteiger partial charge in [-0.2, -0.15) is 0 Å². The molecule has 1 heteroatoms. The summed E-state index contributed by atoms with van der Waals surface area (Å²) in [4.78, 5) is 0. The lowest BCUT2D eigenvalue weighted by Crippen LogP contribution is -1.90. The third-order valence-corrected chi connectivity index (χ3v) is 12.0. The van der Waals surface area contributed by atoms with Crippen LogP contribution in [0.15, 0.2) is 182 Å². The SMILES string of the molecule is c1ccc(-c2c3ccccc3c(-c3ccc4cc(-c5ccc6c(c5)sc5c7ccccc7c7ccccc7c65)ccc4c3)c3ccccc23)cc1. The van der Waals surface area contributed by atoms with E-state index in [0.29, 0.717) is 0 Å². The van der Waals surface area contributed by atoms with Crippen molar-refractivity contribution >= 4 is 85.4 Å². The predicted molar refractivity (Wildman–Crippen MR) is 223 cm³/mol. The van der Waals surface area contributed by atoms with Gasteiger partial charge in [-0.25, -0.2) is 0 Å². The standard InChI is InChI=1S/C50H30S/c1-2-12-31(13-3-1)47-40-17-7-9-19-42(40)48(43-20-10-8-18-41(43)47)36-25-24-32-28-33(22-23-34(32)29-36)35-26-27-45-46(30-35)51-50-44-21-11-5-15-38(44)37-14-4-6-16-39(37)49(45)50/h1-30H. The van der Waals surface area contributed by atoms with E-state index in [9.17, 15) is 0 Å². The minimum atomic E-state index is 1.24. The van der Waals surface area contributed by atoms with E-state index in [0.717, 1.165) is 0 Å². The Morgan fingerprint density at radius 1 is 0.275 bits per heavy atom. The van der Waals surface area contributed by atoms with Crippen molar-refractivity contribution in [3.05, 3.63) is 182 Å². The molecule has 0 saturated heterocycles. The van der Waals surface area contributed by atoms with E-state index in [2.05, 4.69) is 182 Å². The molecule has 0 aliphatic heterocycles. The topological polar surface area (TPSA) is 0 Å². The van der Waals surface area contributed by atoms with E-state index in [-0.39, 0.29) is 0 Å². The second kappa shape index (κ2) is 11.1. The maximum atomic E-state index is 2.39. The van der Waals surface area contributed by atoms with Crippen LogP contribution in [0.1, 0.15) is 0 Å². The van der Waals surface area contributed by atoms with E-state index in [1.165, 1.54) is 107 Å². The first-order valence-corrected chi connectivity index (χ1v) is 18.4. The molecular formula is C50H30S. The summed E-state index contributed by atoms with van der Waals surface area (Å²) >= 11 is 1.92. The summed E-state index contributed by atoms with van der Waals surface area (Å²) in [6.45, 7) is 0. The molecule has 11 aromatic rings. The summed E-state index contributed by atoms with van der Waals surface area (Å²) < 4.78 is 2.71. The number of thiophene rings is 1. The third-order valence-electron chi connectivity index (χ3n) is 10.8. The average Bonchev–Trinajstić information content (AvgIpc) is 3.59. The van der Waals surface area contributed by atoms with Gasteiger partial charge in [-0.3, -0.25) is 0 Å². The van der Waals surface area contributed by atoms with Crippen LogP contribution in [0.4, 0.5) is 0 Å². The third kappa shape index (κ3) is 4.32. The zero-order valence-corrected chi connectivity index (χ0v) is 28.5. The highest BCUT2D eigenvalue weighted by Gasteiger charge is 2.18. The molecule has 0 nitrogen and oxygen atoms in total. The number of hydrogen-bond donors (Lipinski definition) is 0. The summed E-state index contributed by atoms with van der Waals surface area (Å²) in [6, 6.07) is 67.3. The number of fused-ring (bicyclic) bond motifs is 11. The molecule has 0 fully saturated rings. The molecule has 10 aromatic carbocycles. The Morgan fingerprint density at radius 2 is 0.725 bits per heavy atom. The highest BCUT2D eigenvalue weighted by atomic mass is 32.1. The van der Waals surface area contributed by atoms with Crippen molar-refractivity contribution in [2.24, 2.45) is 0 Å². The normalized spacial score (nSPS) is 11.9. The molecule has 1 aromatic heterocycles. The lowest BCUT2D eigenvalue weighted by Gasteiger charge is -2.18. The lowest BCUT2D eigenvalue weighted by atomic mass is 9.85. The first-order valence-electron chi connectivity index (χ1n) is 17.6. The monoisotopic (exact) mass is 662 g/mol. The van der Waals surface area contributed by atoms with Crippen molar-refractivity contribution in [3.63, 3.8) is 0 Å². The van der Waals surface area contributed by atoms with Crippen LogP contribution in [0.25, 0.3) is 107 Å². The fraction of sp³-hybridized carbons (Fsp3) is 0. The highest BCUT2D eigenvalue weighted by Crippen LogP contribution is 2.46. The second-order valence-corrected chi connectivity index (χ2v) is 14.6. The second-order valence-electron chi connectivity index (χ2n) is 13.6. The Bertz CT molecular complexity index is 3130. The highest BCUT2D eigenvalue weighted by molar-refractivity contribution is 7.27. The van der Waals surface area contributed by atoms with Gasteiger partial charge in [-0.1, -0.05) is 164 Å². The molecule has 0 atom stereocenters. The minimum absolute atomic E-state index is 1.24. The van der Waals surface area contributed by atoms with Gasteiger partial charge in [0.15, 0.2) is 0 Å². The molecule has 11 rings (SSSR count). The van der Waals surface area contributed by atoms with Gasteiger partial charge >= 0.3 is 0 Å². The van der Waals surface area contributed by atoms with E-state index in [4.69, 9.17) is 0 Å². The molecule has 0 aliphatic rings. The van der Waals surface area contributed by atoms with Crippen LogP contribution in [0.3, 0.4) is 0 Å². The molecule has 0 spiro atoms. The summed E-state index contributed by atoms with van der Waals surface area (Å²) in [6.07, 6.45) is 0. The molecule has 236 valence electrons. The van der Waals surface area contributed by atoms with Gasteiger partial charge in [0.25, 0.3) is 0 Å². The predicted octanol–water partition coefficient (Wildman–Crippen LogP) is 14.8. The molecule has 0 aliphatic carbocycles. The number of benzene rings is 10. The van der Waals surface area contributed by atoms with Crippen LogP contribution in [0.5, 0.6) is 0 Å². The van der Waals surface area contributed by atoms with Crippen LogP contribution in [-0.2, 0) is 0 Å². The Hall–Kier alpha value is -6.28. The fourth-order valence-electron chi connectivity index (χ4n) is 8.52. The van der Waals surface area contributed by atoms with Crippen LogP contribution >= 0.6 is 11.3 Å². The quantitative estimate of drug-likeness (QED) is 0.130. The van der Waals surface area contributed by atoms with E-state index < -0.39 is 0 Å².